The zero-order valence-electron chi connectivity index (χ0n) is 9.62. The highest BCUT2D eigenvalue weighted by Crippen LogP contribution is 2.10. The van der Waals surface area contributed by atoms with E-state index in [1.165, 1.54) is 21.2 Å². The zero-order chi connectivity index (χ0) is 11.2. The van der Waals surface area contributed by atoms with Crippen molar-refractivity contribution in [1.29, 1.82) is 0 Å². The van der Waals surface area contributed by atoms with Gasteiger partial charge in [-0.15, -0.1) is 0 Å². The molecular formula is C15H15N. The molecular weight excluding hydrogens is 194 g/mol. The molecule has 1 N–H and O–H groups in total. The molecule has 80 valence electrons. The molecule has 0 bridgehead atoms. The number of hydrogen-bond acceptors (Lipinski definition) is 1. The maximum absolute atomic E-state index is 3.40. The lowest BCUT2D eigenvalue weighted by Crippen LogP contribution is -2.44. The van der Waals surface area contributed by atoms with Crippen molar-refractivity contribution in [2.75, 3.05) is 0 Å². The van der Waals surface area contributed by atoms with Gasteiger partial charge in [-0.2, -0.15) is 0 Å². The summed E-state index contributed by atoms with van der Waals surface area (Å²) in [5.74, 6) is 0. The molecule has 0 amide bonds. The lowest BCUT2D eigenvalue weighted by Gasteiger charge is -2.24. The van der Waals surface area contributed by atoms with Crippen molar-refractivity contribution in [3.05, 3.63) is 46.8 Å². The van der Waals surface area contributed by atoms with Crippen LogP contribution in [0.2, 0.25) is 0 Å². The molecule has 0 saturated heterocycles. The third-order valence-corrected chi connectivity index (χ3v) is 3.11. The number of fused-ring (bicyclic) bond motifs is 3. The highest BCUT2D eigenvalue weighted by molar-refractivity contribution is 5.84. The predicted octanol–water partition coefficient (Wildman–Crippen LogP) is 1.74. The average Bonchev–Trinajstić information content (AvgIpc) is 2.28. The van der Waals surface area contributed by atoms with E-state index in [0.29, 0.717) is 0 Å². The van der Waals surface area contributed by atoms with Crippen LogP contribution in [-0.4, -0.2) is 5.54 Å². The van der Waals surface area contributed by atoms with Crippen LogP contribution in [0, 0.1) is 0 Å². The number of benzene rings is 2. The Morgan fingerprint density at radius 2 is 1.81 bits per heavy atom. The van der Waals surface area contributed by atoms with Crippen LogP contribution < -0.4 is 15.8 Å². The summed E-state index contributed by atoms with van der Waals surface area (Å²) in [7, 11) is 0. The van der Waals surface area contributed by atoms with Gasteiger partial charge in [-0.1, -0.05) is 42.5 Å². The largest absolute Gasteiger partial charge is 0.382 e. The molecule has 0 aromatic heterocycles. The molecule has 0 spiro atoms. The van der Waals surface area contributed by atoms with Gasteiger partial charge in [-0.05, 0) is 35.1 Å². The van der Waals surface area contributed by atoms with Gasteiger partial charge in [0.2, 0.25) is 0 Å². The molecule has 0 atom stereocenters. The monoisotopic (exact) mass is 209 g/mol. The van der Waals surface area contributed by atoms with Gasteiger partial charge in [-0.25, -0.2) is 0 Å². The molecule has 1 aliphatic rings. The van der Waals surface area contributed by atoms with E-state index in [-0.39, 0.29) is 5.54 Å². The van der Waals surface area contributed by atoms with Gasteiger partial charge in [0.25, 0.3) is 0 Å². The van der Waals surface area contributed by atoms with Crippen LogP contribution in [0.4, 0.5) is 0 Å². The highest BCUT2D eigenvalue weighted by atomic mass is 14.9. The first-order valence-corrected chi connectivity index (χ1v) is 5.64. The fourth-order valence-electron chi connectivity index (χ4n) is 2.27. The first-order valence-electron chi connectivity index (χ1n) is 5.64. The summed E-state index contributed by atoms with van der Waals surface area (Å²) in [5.41, 5.74) is 0.0388. The second kappa shape index (κ2) is 3.11. The van der Waals surface area contributed by atoms with E-state index in [1.807, 2.05) is 0 Å². The highest BCUT2D eigenvalue weighted by Gasteiger charge is 2.14. The Morgan fingerprint density at radius 1 is 1.00 bits per heavy atom. The van der Waals surface area contributed by atoms with Crippen molar-refractivity contribution in [3.63, 3.8) is 0 Å². The summed E-state index contributed by atoms with van der Waals surface area (Å²) < 4.78 is 0. The van der Waals surface area contributed by atoms with Crippen LogP contribution in [0.5, 0.6) is 0 Å². The Morgan fingerprint density at radius 3 is 2.69 bits per heavy atom. The normalized spacial score (nSPS) is 16.9. The molecule has 0 radical (unpaired) electrons. The van der Waals surface area contributed by atoms with Crippen LogP contribution in [0.3, 0.4) is 0 Å². The van der Waals surface area contributed by atoms with E-state index >= 15 is 0 Å². The third-order valence-electron chi connectivity index (χ3n) is 3.11. The maximum Gasteiger partial charge on any atom is 0.0503 e. The minimum absolute atomic E-state index is 0.0388. The quantitative estimate of drug-likeness (QED) is 0.697. The maximum atomic E-state index is 3.40. The summed E-state index contributed by atoms with van der Waals surface area (Å²) in [6.45, 7) is 4.38. The van der Waals surface area contributed by atoms with Crippen LogP contribution in [0.1, 0.15) is 13.8 Å². The van der Waals surface area contributed by atoms with E-state index in [9.17, 15) is 0 Å². The van der Waals surface area contributed by atoms with Crippen molar-refractivity contribution in [3.8, 4) is 0 Å². The summed E-state index contributed by atoms with van der Waals surface area (Å²) in [4.78, 5) is 0. The topological polar surface area (TPSA) is 12.0 Å². The van der Waals surface area contributed by atoms with Crippen molar-refractivity contribution in [2.45, 2.75) is 19.4 Å². The fourth-order valence-corrected chi connectivity index (χ4v) is 2.27. The Balaban J connectivity index is 2.52. The van der Waals surface area contributed by atoms with Crippen LogP contribution in [-0.2, 0) is 0 Å². The first-order chi connectivity index (χ1) is 7.66. The molecule has 1 heteroatoms. The summed E-state index contributed by atoms with van der Waals surface area (Å²) >= 11 is 0. The second-order valence-electron chi connectivity index (χ2n) is 4.94. The van der Waals surface area contributed by atoms with E-state index < -0.39 is 0 Å². The summed E-state index contributed by atoms with van der Waals surface area (Å²) in [6, 6.07) is 12.9. The molecule has 16 heavy (non-hydrogen) atoms. The Bertz CT molecular complexity index is 665. The van der Waals surface area contributed by atoms with E-state index in [2.05, 4.69) is 67.8 Å². The molecule has 2 aromatic rings. The van der Waals surface area contributed by atoms with E-state index in [4.69, 9.17) is 0 Å². The summed E-state index contributed by atoms with van der Waals surface area (Å²) in [5, 5.41) is 8.67. The van der Waals surface area contributed by atoms with E-state index in [0.717, 1.165) is 0 Å². The number of rotatable bonds is 0. The number of nitrogens with one attached hydrogen (secondary N) is 1. The first kappa shape index (κ1) is 9.46. The van der Waals surface area contributed by atoms with Crippen molar-refractivity contribution in [2.24, 2.45) is 0 Å². The number of hydrogen-bond donors (Lipinski definition) is 1. The van der Waals surface area contributed by atoms with Crippen LogP contribution in [0.25, 0.3) is 23.0 Å². The molecule has 2 aromatic carbocycles. The van der Waals surface area contributed by atoms with E-state index in [1.54, 1.807) is 0 Å². The standard InChI is InChI=1S/C15H15N/c1-15(2)9-14-12(10-16-15)8-7-11-5-3-4-6-13(11)14/h3-10,16H,1-2H3. The van der Waals surface area contributed by atoms with Crippen molar-refractivity contribution >= 4 is 23.0 Å². The smallest absolute Gasteiger partial charge is 0.0503 e. The van der Waals surface area contributed by atoms with Gasteiger partial charge in [0.1, 0.15) is 0 Å². The lowest BCUT2D eigenvalue weighted by atomic mass is 9.97. The zero-order valence-corrected chi connectivity index (χ0v) is 9.62. The second-order valence-corrected chi connectivity index (χ2v) is 4.94. The minimum atomic E-state index is 0.0388. The van der Waals surface area contributed by atoms with Gasteiger partial charge >= 0.3 is 0 Å². The molecule has 1 aliphatic heterocycles. The van der Waals surface area contributed by atoms with Gasteiger partial charge in [0.05, 0.1) is 5.54 Å². The summed E-state index contributed by atoms with van der Waals surface area (Å²) in [6.07, 6.45) is 4.42. The molecule has 0 aliphatic carbocycles. The van der Waals surface area contributed by atoms with Gasteiger partial charge in [-0.3, -0.25) is 0 Å². The molecule has 1 nitrogen and oxygen atoms in total. The van der Waals surface area contributed by atoms with Gasteiger partial charge in [0, 0.05) is 6.20 Å². The molecule has 0 unspecified atom stereocenters. The Hall–Kier alpha value is -1.76. The van der Waals surface area contributed by atoms with Crippen molar-refractivity contribution in [1.82, 2.24) is 5.32 Å². The van der Waals surface area contributed by atoms with Gasteiger partial charge in [0.15, 0.2) is 0 Å². The SMILES string of the molecule is CC1(C)C=c2c(ccc3ccccc23)=CN1. The molecule has 3 rings (SSSR count). The van der Waals surface area contributed by atoms with Crippen LogP contribution >= 0.6 is 0 Å². The molecule has 0 saturated carbocycles. The molecule has 0 fully saturated rings. The minimum Gasteiger partial charge on any atom is -0.382 e. The Kier molecular flexibility index (Phi) is 1.84. The van der Waals surface area contributed by atoms with Crippen molar-refractivity contribution < 1.29 is 0 Å². The van der Waals surface area contributed by atoms with Gasteiger partial charge < -0.3 is 5.32 Å². The average molecular weight is 209 g/mol. The third kappa shape index (κ3) is 1.40. The lowest BCUT2D eigenvalue weighted by molar-refractivity contribution is 0.601. The van der Waals surface area contributed by atoms with Crippen LogP contribution in [0.15, 0.2) is 36.4 Å². The Labute approximate surface area is 95.1 Å². The fraction of sp³-hybridized carbons (Fsp3) is 0.200. The molecule has 1 heterocycles. The predicted molar refractivity (Wildman–Crippen MR) is 69.3 cm³/mol.